The summed E-state index contributed by atoms with van der Waals surface area (Å²) in [4.78, 5) is 24.7. The Hall–Kier alpha value is -2.30. The number of carbonyl (C=O) groups excluding carboxylic acids is 2. The average molecular weight is 444 g/mol. The molecule has 1 aliphatic heterocycles. The van der Waals surface area contributed by atoms with Crippen molar-refractivity contribution in [2.24, 2.45) is 5.92 Å². The molecule has 1 aromatic carbocycles. The molecule has 5 nitrogen and oxygen atoms in total. The second-order valence-corrected chi connectivity index (χ2v) is 9.35. The van der Waals surface area contributed by atoms with Gasteiger partial charge in [-0.15, -0.1) is 0 Å². The summed E-state index contributed by atoms with van der Waals surface area (Å²) < 4.78 is 12.3. The third kappa shape index (κ3) is 6.14. The minimum atomic E-state index is -0.435. The van der Waals surface area contributed by atoms with E-state index in [0.717, 1.165) is 55.4 Å². The molecule has 178 valence electrons. The van der Waals surface area contributed by atoms with Crippen LogP contribution >= 0.6 is 0 Å². The van der Waals surface area contributed by atoms with E-state index in [0.29, 0.717) is 18.1 Å². The van der Waals surface area contributed by atoms with Crippen LogP contribution in [0, 0.1) is 5.92 Å². The number of benzene rings is 1. The van der Waals surface area contributed by atoms with Crippen LogP contribution in [0.3, 0.4) is 0 Å². The maximum atomic E-state index is 12.5. The Morgan fingerprint density at radius 1 is 1.28 bits per heavy atom. The van der Waals surface area contributed by atoms with Gasteiger partial charge in [0.05, 0.1) is 0 Å². The van der Waals surface area contributed by atoms with E-state index in [1.165, 1.54) is 10.5 Å². The lowest BCUT2D eigenvalue weighted by Crippen LogP contribution is -2.45. The van der Waals surface area contributed by atoms with E-state index in [4.69, 9.17) is 9.47 Å². The zero-order valence-corrected chi connectivity index (χ0v) is 21.0. The number of nitrogens with zero attached hydrogens (tertiary/aromatic N) is 1. The number of allylic oxidation sites excluding steroid dienone is 2. The summed E-state index contributed by atoms with van der Waals surface area (Å²) in [7, 11) is 1.57. The number of likely N-dealkylation sites (N-methyl/N-ethyl adjacent to an activating group) is 1. The van der Waals surface area contributed by atoms with Crippen molar-refractivity contribution >= 4 is 12.4 Å². The fraction of sp³-hybridized carbons (Fsp3) is 0.630. The molecule has 0 fully saturated rings. The number of esters is 1. The van der Waals surface area contributed by atoms with Crippen molar-refractivity contribution in [2.75, 3.05) is 13.6 Å². The minimum Gasteiger partial charge on any atom is -0.487 e. The Kier molecular flexibility index (Phi) is 9.35. The lowest BCUT2D eigenvalue weighted by atomic mass is 9.68. The third-order valence-corrected chi connectivity index (χ3v) is 6.36. The quantitative estimate of drug-likeness (QED) is 0.161. The van der Waals surface area contributed by atoms with Gasteiger partial charge < -0.3 is 14.4 Å². The van der Waals surface area contributed by atoms with Gasteiger partial charge >= 0.3 is 5.97 Å². The van der Waals surface area contributed by atoms with Crippen LogP contribution in [0.2, 0.25) is 0 Å². The topological polar surface area (TPSA) is 55.8 Å². The third-order valence-electron chi connectivity index (χ3n) is 6.36. The molecule has 0 saturated heterocycles. The van der Waals surface area contributed by atoms with E-state index < -0.39 is 5.97 Å². The van der Waals surface area contributed by atoms with Gasteiger partial charge in [0.1, 0.15) is 23.6 Å². The highest BCUT2D eigenvalue weighted by atomic mass is 16.5. The van der Waals surface area contributed by atoms with Gasteiger partial charge in [0.25, 0.3) is 0 Å². The van der Waals surface area contributed by atoms with E-state index in [9.17, 15) is 9.59 Å². The monoisotopic (exact) mass is 443 g/mol. The zero-order chi connectivity index (χ0) is 23.9. The van der Waals surface area contributed by atoms with Gasteiger partial charge in [-0.3, -0.25) is 4.79 Å². The average Bonchev–Trinajstić information content (AvgIpc) is 2.74. The summed E-state index contributed by atoms with van der Waals surface area (Å²) >= 11 is 0. The second kappa shape index (κ2) is 11.5. The van der Waals surface area contributed by atoms with E-state index in [1.807, 2.05) is 19.9 Å². The Morgan fingerprint density at radius 3 is 2.66 bits per heavy atom. The lowest BCUT2D eigenvalue weighted by Gasteiger charge is -2.46. The number of carbonyl (C=O) groups is 2. The molecule has 0 radical (unpaired) electrons. The molecular formula is C27H41NO4. The van der Waals surface area contributed by atoms with Crippen LogP contribution in [0.1, 0.15) is 90.7 Å². The first kappa shape index (κ1) is 26.0. The summed E-state index contributed by atoms with van der Waals surface area (Å²) in [5.41, 5.74) is 3.18. The molecule has 1 heterocycles. The first-order chi connectivity index (χ1) is 15.2. The SMILES string of the molecule is CC.CCCCCc1cc(OC(=O)CN(C)C=O)c2c(c1)OC(C)(C)C1CCC(C)=C[C@@H]21. The molecule has 1 amide bonds. The fourth-order valence-corrected chi connectivity index (χ4v) is 4.76. The summed E-state index contributed by atoms with van der Waals surface area (Å²) in [5.74, 6) is 1.46. The predicted molar refractivity (Wildman–Crippen MR) is 129 cm³/mol. The number of aryl methyl sites for hydroxylation is 1. The van der Waals surface area contributed by atoms with Gasteiger partial charge in [0, 0.05) is 24.4 Å². The maximum absolute atomic E-state index is 12.5. The molecule has 3 rings (SSSR count). The van der Waals surface area contributed by atoms with Crippen LogP contribution < -0.4 is 9.47 Å². The van der Waals surface area contributed by atoms with Gasteiger partial charge in [-0.1, -0.05) is 45.3 Å². The Labute approximate surface area is 194 Å². The van der Waals surface area contributed by atoms with Crippen LogP contribution in [0.25, 0.3) is 0 Å². The van der Waals surface area contributed by atoms with Gasteiger partial charge in [-0.2, -0.15) is 0 Å². The molecule has 32 heavy (non-hydrogen) atoms. The Balaban J connectivity index is 0.00000176. The van der Waals surface area contributed by atoms with Gasteiger partial charge in [0.15, 0.2) is 0 Å². The van der Waals surface area contributed by atoms with Crippen molar-refractivity contribution in [3.63, 3.8) is 0 Å². The van der Waals surface area contributed by atoms with Gasteiger partial charge in [0.2, 0.25) is 6.41 Å². The van der Waals surface area contributed by atoms with Crippen molar-refractivity contribution < 1.29 is 19.1 Å². The molecule has 0 aromatic heterocycles. The summed E-state index contributed by atoms with van der Waals surface area (Å²) in [5, 5.41) is 0. The molecule has 1 aromatic rings. The van der Waals surface area contributed by atoms with Crippen LogP contribution in [-0.4, -0.2) is 36.5 Å². The normalized spacial score (nSPS) is 20.4. The highest BCUT2D eigenvalue weighted by Gasteiger charge is 2.45. The number of ether oxygens (including phenoxy) is 2. The first-order valence-corrected chi connectivity index (χ1v) is 12.1. The molecule has 1 aliphatic carbocycles. The molecule has 0 spiro atoms. The minimum absolute atomic E-state index is 0.0757. The van der Waals surface area contributed by atoms with Crippen molar-refractivity contribution in [3.05, 3.63) is 34.9 Å². The summed E-state index contributed by atoms with van der Waals surface area (Å²) in [6.45, 7) is 12.6. The molecule has 0 saturated carbocycles. The van der Waals surface area contributed by atoms with Crippen molar-refractivity contribution in [2.45, 2.75) is 91.6 Å². The highest BCUT2D eigenvalue weighted by Crippen LogP contribution is 2.53. The number of rotatable bonds is 8. The number of fused-ring (bicyclic) bond motifs is 3. The zero-order valence-electron chi connectivity index (χ0n) is 21.0. The Morgan fingerprint density at radius 2 is 2.00 bits per heavy atom. The van der Waals surface area contributed by atoms with Crippen LogP contribution in [0.4, 0.5) is 0 Å². The van der Waals surface area contributed by atoms with Crippen LogP contribution in [-0.2, 0) is 16.0 Å². The van der Waals surface area contributed by atoms with Gasteiger partial charge in [-0.25, -0.2) is 4.79 Å². The van der Waals surface area contributed by atoms with E-state index in [2.05, 4.69) is 39.8 Å². The van der Waals surface area contributed by atoms with Crippen molar-refractivity contribution in [1.29, 1.82) is 0 Å². The van der Waals surface area contributed by atoms with E-state index in [1.54, 1.807) is 7.05 Å². The molecule has 2 aliphatic rings. The molecule has 0 N–H and O–H groups in total. The Bertz CT molecular complexity index is 827. The standard InChI is InChI=1S/C25H35NO4.C2H6/c1-6-7-8-9-18-13-21(29-23(28)15-26(5)16-27)24-19-12-17(2)10-11-20(19)25(3,4)30-22(24)14-18;1-2/h12-14,16,19-20H,6-11,15H2,1-5H3;1-2H3/t19-,20?;/m1./s1. The summed E-state index contributed by atoms with van der Waals surface area (Å²) in [6.07, 6.45) is 9.40. The predicted octanol–water partition coefficient (Wildman–Crippen LogP) is 6.05. The maximum Gasteiger partial charge on any atom is 0.331 e. The van der Waals surface area contributed by atoms with E-state index in [-0.39, 0.29) is 18.1 Å². The molecule has 0 bridgehead atoms. The highest BCUT2D eigenvalue weighted by molar-refractivity contribution is 5.77. The summed E-state index contributed by atoms with van der Waals surface area (Å²) in [6, 6.07) is 4.14. The van der Waals surface area contributed by atoms with Crippen molar-refractivity contribution in [3.8, 4) is 11.5 Å². The largest absolute Gasteiger partial charge is 0.487 e. The van der Waals surface area contributed by atoms with Crippen molar-refractivity contribution in [1.82, 2.24) is 4.90 Å². The second-order valence-electron chi connectivity index (χ2n) is 9.35. The number of hydrogen-bond donors (Lipinski definition) is 0. The van der Waals surface area contributed by atoms with Crippen LogP contribution in [0.5, 0.6) is 11.5 Å². The van der Waals surface area contributed by atoms with Crippen LogP contribution in [0.15, 0.2) is 23.8 Å². The molecule has 2 atom stereocenters. The fourth-order valence-electron chi connectivity index (χ4n) is 4.76. The smallest absolute Gasteiger partial charge is 0.331 e. The lowest BCUT2D eigenvalue weighted by molar-refractivity contribution is -0.137. The number of unbranched alkanes of at least 4 members (excludes halogenated alkanes) is 2. The first-order valence-electron chi connectivity index (χ1n) is 12.1. The molecule has 1 unspecified atom stereocenters. The molecule has 5 heteroatoms. The number of amides is 1. The molecular weight excluding hydrogens is 402 g/mol. The van der Waals surface area contributed by atoms with E-state index >= 15 is 0 Å². The number of hydrogen-bond acceptors (Lipinski definition) is 4. The van der Waals surface area contributed by atoms with Gasteiger partial charge in [-0.05, 0) is 64.2 Å².